The van der Waals surface area contributed by atoms with Crippen LogP contribution >= 0.6 is 12.9 Å². The van der Waals surface area contributed by atoms with Gasteiger partial charge in [0.15, 0.2) is 5.75 Å². The monoisotopic (exact) mass is 641 g/mol. The number of ether oxygens (including phenoxy) is 1. The molecule has 213 valence electrons. The summed E-state index contributed by atoms with van der Waals surface area (Å²) in [5.41, 5.74) is -0.405. The van der Waals surface area contributed by atoms with Crippen LogP contribution in [0, 0.1) is 0 Å². The number of phenolic OH excluding ortho intramolecular Hbond substituents is 2. The molecule has 4 N–H and O–H groups in total. The molecular formula is C20H22CuN2O12S3. The standard InChI is InChI=1S/C20H20N2O10S2.Cu.H2O2S/c1-30-33(26,27)14-4-5-15-12(9-14)10-18(34(28,29)31-2)20(25)19(15)22-21-16-11-13(32-8-7-23)3-6-17(16)24;;1-2-3/h3-6,9-11,23-25H,7-8H2,1-2H3;;1,3H. The summed E-state index contributed by atoms with van der Waals surface area (Å²) in [5, 5.41) is 44.6. The van der Waals surface area contributed by atoms with E-state index in [2.05, 4.69) is 35.8 Å². The molecule has 14 nitrogen and oxygen atoms in total. The zero-order chi connectivity index (χ0) is 27.8. The summed E-state index contributed by atoms with van der Waals surface area (Å²) in [5.74, 6) is -0.828. The van der Waals surface area contributed by atoms with Crippen molar-refractivity contribution in [3.8, 4) is 17.2 Å². The Morgan fingerprint density at radius 1 is 0.921 bits per heavy atom. The SMILES string of the molecule is COS(=O)(=O)c1ccc2c(N=Nc3cc(OCCO)ccc3O)c(O)c(S(=O)(=O)OC)cc2c1.OOS.[Cu]. The number of phenols is 2. The quantitative estimate of drug-likeness (QED) is 0.0434. The molecule has 0 heterocycles. The number of aliphatic hydroxyl groups is 1. The Bertz CT molecular complexity index is 1500. The number of hydrogen-bond acceptors (Lipinski definition) is 15. The fourth-order valence-electron chi connectivity index (χ4n) is 2.90. The van der Waals surface area contributed by atoms with Crippen LogP contribution in [0.15, 0.2) is 62.5 Å². The average molecular weight is 642 g/mol. The van der Waals surface area contributed by atoms with Gasteiger partial charge in [-0.05, 0) is 35.7 Å². The second kappa shape index (κ2) is 14.6. The second-order valence-corrected chi connectivity index (χ2v) is 10.3. The number of fused-ring (bicyclic) bond motifs is 1. The summed E-state index contributed by atoms with van der Waals surface area (Å²) >= 11 is 2.84. The van der Waals surface area contributed by atoms with E-state index in [1.54, 1.807) is 0 Å². The Labute approximate surface area is 233 Å². The van der Waals surface area contributed by atoms with Gasteiger partial charge >= 0.3 is 10.1 Å². The molecular weight excluding hydrogens is 620 g/mol. The van der Waals surface area contributed by atoms with Crippen LogP contribution in [0.4, 0.5) is 11.4 Å². The normalized spacial score (nSPS) is 11.6. The third-order valence-corrected chi connectivity index (χ3v) is 7.14. The summed E-state index contributed by atoms with van der Waals surface area (Å²) in [6, 6.07) is 8.66. The van der Waals surface area contributed by atoms with Gasteiger partial charge in [0.05, 0.1) is 25.7 Å². The maximum atomic E-state index is 12.4. The second-order valence-electron chi connectivity index (χ2n) is 6.70. The van der Waals surface area contributed by atoms with Crippen molar-refractivity contribution >= 4 is 55.3 Å². The molecule has 0 atom stereocenters. The molecule has 38 heavy (non-hydrogen) atoms. The Morgan fingerprint density at radius 2 is 1.55 bits per heavy atom. The van der Waals surface area contributed by atoms with Crippen LogP contribution in [0.3, 0.4) is 0 Å². The van der Waals surface area contributed by atoms with Crippen LogP contribution in [-0.2, 0) is 50.0 Å². The van der Waals surface area contributed by atoms with E-state index in [-0.39, 0.29) is 68.8 Å². The summed E-state index contributed by atoms with van der Waals surface area (Å²) in [6.45, 7) is -0.241. The van der Waals surface area contributed by atoms with Gasteiger partial charge in [-0.3, -0.25) is 8.37 Å². The molecule has 3 aromatic carbocycles. The van der Waals surface area contributed by atoms with Crippen LogP contribution < -0.4 is 4.74 Å². The van der Waals surface area contributed by atoms with E-state index in [0.717, 1.165) is 26.4 Å². The molecule has 18 heteroatoms. The van der Waals surface area contributed by atoms with E-state index < -0.39 is 30.9 Å². The molecule has 0 unspecified atom stereocenters. The Morgan fingerprint density at radius 3 is 2.13 bits per heavy atom. The van der Waals surface area contributed by atoms with Crippen LogP contribution in [-0.4, -0.2) is 64.8 Å². The third-order valence-electron chi connectivity index (χ3n) is 4.58. The molecule has 0 bridgehead atoms. The van der Waals surface area contributed by atoms with Crippen molar-refractivity contribution < 1.29 is 71.9 Å². The number of hydrogen-bond donors (Lipinski definition) is 5. The molecule has 0 spiro atoms. The maximum Gasteiger partial charge on any atom is 0.300 e. The first kappa shape index (κ1) is 33.5. The Hall–Kier alpha value is -2.51. The van der Waals surface area contributed by atoms with Gasteiger partial charge in [-0.2, -0.15) is 21.2 Å². The van der Waals surface area contributed by atoms with Crippen molar-refractivity contribution in [2.45, 2.75) is 9.79 Å². The minimum Gasteiger partial charge on any atom is -0.506 e. The molecule has 0 saturated carbocycles. The van der Waals surface area contributed by atoms with E-state index >= 15 is 0 Å². The summed E-state index contributed by atoms with van der Waals surface area (Å²) < 4.78 is 66.0. The summed E-state index contributed by atoms with van der Waals surface area (Å²) in [7, 11) is -6.67. The minimum atomic E-state index is -4.43. The molecule has 0 aromatic heterocycles. The van der Waals surface area contributed by atoms with Crippen molar-refractivity contribution in [1.29, 1.82) is 0 Å². The molecule has 0 aliphatic heterocycles. The predicted molar refractivity (Wildman–Crippen MR) is 132 cm³/mol. The fraction of sp³-hybridized carbons (Fsp3) is 0.200. The zero-order valence-corrected chi connectivity index (χ0v) is 22.9. The van der Waals surface area contributed by atoms with Gasteiger partial charge in [-0.1, -0.05) is 6.07 Å². The number of rotatable bonds is 9. The van der Waals surface area contributed by atoms with Gasteiger partial charge in [0.2, 0.25) is 0 Å². The van der Waals surface area contributed by atoms with Gasteiger partial charge < -0.3 is 20.1 Å². The molecule has 0 aliphatic carbocycles. The van der Waals surface area contributed by atoms with Gasteiger partial charge in [0.25, 0.3) is 10.1 Å². The molecule has 0 saturated heterocycles. The summed E-state index contributed by atoms with van der Waals surface area (Å²) in [4.78, 5) is -0.934. The Kier molecular flexibility index (Phi) is 12.9. The van der Waals surface area contributed by atoms with Crippen LogP contribution in [0.25, 0.3) is 10.8 Å². The van der Waals surface area contributed by atoms with E-state index in [4.69, 9.17) is 15.1 Å². The van der Waals surface area contributed by atoms with Crippen LogP contribution in [0.2, 0.25) is 0 Å². The first-order valence-electron chi connectivity index (χ1n) is 9.80. The average Bonchev–Trinajstić information content (AvgIpc) is 2.88. The fourth-order valence-corrected chi connectivity index (χ4v) is 4.39. The molecule has 0 amide bonds. The van der Waals surface area contributed by atoms with Crippen molar-refractivity contribution in [2.75, 3.05) is 27.4 Å². The van der Waals surface area contributed by atoms with E-state index in [0.29, 0.717) is 0 Å². The van der Waals surface area contributed by atoms with Crippen molar-refractivity contribution in [1.82, 2.24) is 0 Å². The van der Waals surface area contributed by atoms with Gasteiger partial charge in [-0.15, -0.1) is 10.2 Å². The molecule has 0 aliphatic rings. The number of nitrogens with zero attached hydrogens (tertiary/aromatic N) is 2. The largest absolute Gasteiger partial charge is 0.506 e. The number of thiol groups is 1. The maximum absolute atomic E-state index is 12.4. The number of benzene rings is 3. The van der Waals surface area contributed by atoms with Crippen molar-refractivity contribution in [3.05, 3.63) is 42.5 Å². The molecule has 0 fully saturated rings. The van der Waals surface area contributed by atoms with Gasteiger partial charge in [0, 0.05) is 41.4 Å². The molecule has 1 radical (unpaired) electrons. The van der Waals surface area contributed by atoms with Gasteiger partial charge in [0.1, 0.15) is 34.4 Å². The van der Waals surface area contributed by atoms with Crippen molar-refractivity contribution in [2.24, 2.45) is 10.2 Å². The van der Waals surface area contributed by atoms with Crippen LogP contribution in [0.5, 0.6) is 17.2 Å². The Balaban J connectivity index is 0.00000172. The third kappa shape index (κ3) is 8.00. The number of aliphatic hydroxyl groups excluding tert-OH is 1. The van der Waals surface area contributed by atoms with E-state index in [1.165, 1.54) is 30.3 Å². The van der Waals surface area contributed by atoms with Crippen LogP contribution in [0.1, 0.15) is 0 Å². The van der Waals surface area contributed by atoms with Crippen molar-refractivity contribution in [3.63, 3.8) is 0 Å². The molecule has 3 rings (SSSR count). The topological polar surface area (TPSA) is 211 Å². The zero-order valence-electron chi connectivity index (χ0n) is 19.5. The number of aromatic hydroxyl groups is 2. The van der Waals surface area contributed by atoms with Gasteiger partial charge in [-0.25, -0.2) is 5.26 Å². The molecule has 3 aromatic rings. The summed E-state index contributed by atoms with van der Waals surface area (Å²) in [6.07, 6.45) is 0. The van der Waals surface area contributed by atoms with E-state index in [9.17, 15) is 27.0 Å². The first-order valence-corrected chi connectivity index (χ1v) is 13.0. The predicted octanol–water partition coefficient (Wildman–Crippen LogP) is 3.03. The smallest absolute Gasteiger partial charge is 0.300 e. The number of azo groups is 1. The minimum absolute atomic E-state index is 0. The van der Waals surface area contributed by atoms with E-state index in [1.807, 2.05) is 0 Å². The first-order chi connectivity index (χ1) is 17.4.